The summed E-state index contributed by atoms with van der Waals surface area (Å²) >= 11 is 0. The Morgan fingerprint density at radius 1 is 1.00 bits per heavy atom. The highest BCUT2D eigenvalue weighted by Gasteiger charge is 2.68. The molecule has 0 radical (unpaired) electrons. The predicted octanol–water partition coefficient (Wildman–Crippen LogP) is 5.26. The predicted molar refractivity (Wildman–Crippen MR) is 184 cm³/mol. The lowest BCUT2D eigenvalue weighted by Gasteiger charge is -2.64. The Hall–Kier alpha value is -4.21. The van der Waals surface area contributed by atoms with E-state index in [0.29, 0.717) is 29.5 Å². The van der Waals surface area contributed by atoms with Crippen LogP contribution in [0.4, 0.5) is 5.69 Å². The van der Waals surface area contributed by atoms with Gasteiger partial charge in [-0.3, -0.25) is 14.4 Å². The summed E-state index contributed by atoms with van der Waals surface area (Å²) < 4.78 is 13.5. The van der Waals surface area contributed by atoms with Crippen molar-refractivity contribution in [3.8, 4) is 0 Å². The van der Waals surface area contributed by atoms with Crippen LogP contribution in [-0.2, 0) is 31.7 Å². The van der Waals surface area contributed by atoms with E-state index in [2.05, 4.69) is 32.7 Å². The summed E-state index contributed by atoms with van der Waals surface area (Å²) in [5, 5.41) is 3.31. The summed E-state index contributed by atoms with van der Waals surface area (Å²) in [7, 11) is 1.03. The lowest BCUT2D eigenvalue weighted by molar-refractivity contribution is -0.199. The molecule has 6 atom stereocenters. The molecule has 3 amide bonds. The quantitative estimate of drug-likeness (QED) is 0.221. The molecule has 3 saturated carbocycles. The van der Waals surface area contributed by atoms with E-state index in [1.807, 2.05) is 54.6 Å². The Bertz CT molecular complexity index is 1680. The van der Waals surface area contributed by atoms with Crippen molar-refractivity contribution >= 4 is 30.5 Å². The van der Waals surface area contributed by atoms with Crippen molar-refractivity contribution in [3.05, 3.63) is 114 Å². The number of rotatable bonds is 11. The van der Waals surface area contributed by atoms with Crippen LogP contribution >= 0.6 is 0 Å². The first-order chi connectivity index (χ1) is 22.4. The summed E-state index contributed by atoms with van der Waals surface area (Å²) in [6.07, 6.45) is 4.06. The monoisotopic (exact) mass is 633 g/mol. The zero-order valence-corrected chi connectivity index (χ0v) is 27.6. The van der Waals surface area contributed by atoms with Crippen LogP contribution in [0.1, 0.15) is 66.6 Å². The Balaban J connectivity index is 1.33. The highest BCUT2D eigenvalue weighted by atomic mass is 16.7. The Kier molecular flexibility index (Phi) is 8.89. The molecule has 8 nitrogen and oxygen atoms in total. The first-order valence-corrected chi connectivity index (χ1v) is 16.5. The van der Waals surface area contributed by atoms with E-state index in [9.17, 15) is 14.4 Å². The van der Waals surface area contributed by atoms with Gasteiger partial charge in [-0.05, 0) is 90.8 Å². The maximum Gasteiger partial charge on any atom is 0.482 e. The van der Waals surface area contributed by atoms with Crippen molar-refractivity contribution in [2.24, 2.45) is 23.0 Å². The third-order valence-electron chi connectivity index (χ3n) is 11.1. The summed E-state index contributed by atoms with van der Waals surface area (Å²) in [6, 6.07) is 24.4. The summed E-state index contributed by atoms with van der Waals surface area (Å²) in [4.78, 5) is 41.0. The van der Waals surface area contributed by atoms with E-state index < -0.39 is 30.5 Å². The number of hydrogen-bond acceptors (Lipinski definition) is 5. The molecule has 4 aliphatic rings. The smallest absolute Gasteiger partial charge is 0.404 e. The van der Waals surface area contributed by atoms with Crippen LogP contribution < -0.4 is 16.0 Å². The van der Waals surface area contributed by atoms with Gasteiger partial charge < -0.3 is 25.3 Å². The third-order valence-corrected chi connectivity index (χ3v) is 11.1. The molecule has 3 aliphatic carbocycles. The Labute approximate surface area is 277 Å². The molecular formula is C38H44BN3O5. The van der Waals surface area contributed by atoms with Crippen LogP contribution in [0.2, 0.25) is 0 Å². The van der Waals surface area contributed by atoms with E-state index in [-0.39, 0.29) is 35.3 Å². The van der Waals surface area contributed by atoms with Crippen LogP contribution in [0.15, 0.2) is 91.5 Å². The number of anilines is 1. The van der Waals surface area contributed by atoms with E-state index in [4.69, 9.17) is 15.0 Å². The number of carbonyl (C=O) groups excluding carboxylic acids is 3. The topological polar surface area (TPSA) is 111 Å². The lowest BCUT2D eigenvalue weighted by Crippen LogP contribution is -2.65. The fourth-order valence-electron chi connectivity index (χ4n) is 8.20. The van der Waals surface area contributed by atoms with Crippen LogP contribution in [0, 0.1) is 17.3 Å². The van der Waals surface area contributed by atoms with Gasteiger partial charge in [0.05, 0.1) is 23.6 Å². The average molecular weight is 634 g/mol. The fraction of sp³-hybridized carbons (Fsp3) is 0.395. The minimum atomic E-state index is -0.765. The molecule has 47 heavy (non-hydrogen) atoms. The number of nitrogens with two attached hydrogens (primary N) is 1. The highest BCUT2D eigenvalue weighted by molar-refractivity contribution is 6.48. The molecule has 0 spiro atoms. The van der Waals surface area contributed by atoms with Gasteiger partial charge in [0.1, 0.15) is 0 Å². The normalized spacial score (nSPS) is 25.1. The molecule has 0 unspecified atom stereocenters. The second kappa shape index (κ2) is 12.8. The van der Waals surface area contributed by atoms with Gasteiger partial charge in [-0.15, -0.1) is 0 Å². The minimum Gasteiger partial charge on any atom is -0.404 e. The van der Waals surface area contributed by atoms with Crippen molar-refractivity contribution < 1.29 is 23.7 Å². The number of nitrogens with zero attached hydrogens (tertiary/aromatic N) is 1. The van der Waals surface area contributed by atoms with Gasteiger partial charge in [-0.25, -0.2) is 0 Å². The Morgan fingerprint density at radius 3 is 2.40 bits per heavy atom. The molecule has 1 heterocycles. The molecular weight excluding hydrogens is 589 g/mol. The zero-order chi connectivity index (χ0) is 33.5. The molecule has 3 aromatic rings. The minimum absolute atomic E-state index is 0.0381. The largest absolute Gasteiger partial charge is 0.482 e. The molecule has 3 aromatic carbocycles. The van der Waals surface area contributed by atoms with Crippen molar-refractivity contribution in [2.45, 2.75) is 70.0 Å². The number of amides is 3. The Morgan fingerprint density at radius 2 is 1.70 bits per heavy atom. The highest BCUT2D eigenvalue weighted by Crippen LogP contribution is 2.65. The van der Waals surface area contributed by atoms with Gasteiger partial charge in [0.25, 0.3) is 0 Å². The number of primary amides is 1. The average Bonchev–Trinajstić information content (AvgIpc) is 3.44. The van der Waals surface area contributed by atoms with Gasteiger partial charge in [0.2, 0.25) is 17.7 Å². The fourth-order valence-corrected chi connectivity index (χ4v) is 8.20. The van der Waals surface area contributed by atoms with E-state index >= 15 is 0 Å². The number of hydrogen-bond donors (Lipinski definition) is 2. The first-order valence-electron chi connectivity index (χ1n) is 16.5. The van der Waals surface area contributed by atoms with Crippen LogP contribution in [0.3, 0.4) is 0 Å². The van der Waals surface area contributed by atoms with Gasteiger partial charge in [0, 0.05) is 18.3 Å². The number of benzene rings is 3. The summed E-state index contributed by atoms with van der Waals surface area (Å²) in [5.74, 6) is -1.39. The molecule has 7 rings (SSSR count). The van der Waals surface area contributed by atoms with Crippen LogP contribution in [0.5, 0.6) is 0 Å². The van der Waals surface area contributed by atoms with E-state index in [1.54, 1.807) is 31.3 Å². The summed E-state index contributed by atoms with van der Waals surface area (Å²) in [6.45, 7) is 10.4. The second-order valence-electron chi connectivity index (χ2n) is 14.1. The standard InChI is InChI=1S/C38H44BN3O5/c1-6-34(43)42(5)27-16-12-15-25(19-27)20-30(28-17-10-11-18-29(28)35(40)44)36(45)41-33(21-24-13-8-7-9-14-24)39-46-32-23-26-22-31(37(26,2)3)38(32,4)47-39/h6-19,26,30-33H,1,20-23H2,2-5H3,(H2,40,44)(H,41,45)/t26-,30-,31-,32+,33-,38-/m0/s1. The first kappa shape index (κ1) is 32.7. The van der Waals surface area contributed by atoms with Crippen LogP contribution in [-0.4, -0.2) is 49.5 Å². The molecule has 1 saturated heterocycles. The maximum absolute atomic E-state index is 14.6. The van der Waals surface area contributed by atoms with Crippen molar-refractivity contribution in [1.29, 1.82) is 0 Å². The molecule has 0 aromatic heterocycles. The van der Waals surface area contributed by atoms with Crippen molar-refractivity contribution in [1.82, 2.24) is 5.32 Å². The zero-order valence-electron chi connectivity index (χ0n) is 27.6. The van der Waals surface area contributed by atoms with Gasteiger partial charge >= 0.3 is 7.12 Å². The van der Waals surface area contributed by atoms with Gasteiger partial charge in [-0.2, -0.15) is 0 Å². The maximum atomic E-state index is 14.6. The summed E-state index contributed by atoms with van der Waals surface area (Å²) in [5.41, 5.74) is 8.93. The van der Waals surface area contributed by atoms with Gasteiger partial charge in [-0.1, -0.05) is 81.1 Å². The second-order valence-corrected chi connectivity index (χ2v) is 14.1. The van der Waals surface area contributed by atoms with E-state index in [0.717, 1.165) is 24.0 Å². The number of carbonyl (C=O) groups is 3. The SMILES string of the molecule is C=CC(=O)N(C)c1cccc(C[C@H](C(=O)N[C@@H](Cc2ccccc2)B2O[C@@H]3C[C@@H]4C[C@@H](C4(C)C)[C@]3(C)O2)c2ccccc2C(N)=O)c1. The third kappa shape index (κ3) is 6.14. The van der Waals surface area contributed by atoms with Gasteiger partial charge in [0.15, 0.2) is 0 Å². The molecule has 4 fully saturated rings. The lowest BCUT2D eigenvalue weighted by atomic mass is 9.43. The molecule has 244 valence electrons. The molecule has 9 heteroatoms. The van der Waals surface area contributed by atoms with E-state index in [1.165, 1.54) is 11.0 Å². The van der Waals surface area contributed by atoms with Crippen molar-refractivity contribution in [3.63, 3.8) is 0 Å². The molecule has 2 bridgehead atoms. The van der Waals surface area contributed by atoms with Crippen molar-refractivity contribution in [2.75, 3.05) is 11.9 Å². The number of likely N-dealkylation sites (N-methyl/N-ethyl adjacent to an activating group) is 1. The van der Waals surface area contributed by atoms with Crippen LogP contribution in [0.25, 0.3) is 0 Å². The molecule has 1 aliphatic heterocycles. The molecule has 3 N–H and O–H groups in total. The number of nitrogens with one attached hydrogen (secondary N) is 1.